The fourth-order valence-corrected chi connectivity index (χ4v) is 3.23. The molecule has 2 aromatic heterocycles. The molecule has 2 heterocycles. The predicted molar refractivity (Wildman–Crippen MR) is 108 cm³/mol. The first-order valence-electron chi connectivity index (χ1n) is 8.62. The van der Waals surface area contributed by atoms with Crippen molar-refractivity contribution in [2.24, 2.45) is 0 Å². The minimum atomic E-state index is -0.951. The van der Waals surface area contributed by atoms with Crippen LogP contribution in [-0.2, 0) is 0 Å². The second kappa shape index (κ2) is 7.57. The molecule has 0 aliphatic heterocycles. The number of carbonyl (C=O) groups is 1. The monoisotopic (exact) mass is 427 g/mol. The summed E-state index contributed by atoms with van der Waals surface area (Å²) in [6.45, 7) is 0. The maximum Gasteiger partial charge on any atom is 0.273 e. The second-order valence-corrected chi connectivity index (χ2v) is 6.70. The molecule has 2 aromatic carbocycles. The van der Waals surface area contributed by atoms with Crippen molar-refractivity contribution in [1.29, 1.82) is 0 Å². The Labute approximate surface area is 173 Å². The topological polar surface area (TPSA) is 84.2 Å². The van der Waals surface area contributed by atoms with Crippen molar-refractivity contribution in [3.8, 4) is 11.4 Å². The quantitative estimate of drug-likeness (QED) is 0.511. The fourth-order valence-electron chi connectivity index (χ4n) is 3.01. The van der Waals surface area contributed by atoms with Crippen LogP contribution >= 0.6 is 11.6 Å². The number of fused-ring (bicyclic) bond motifs is 1. The van der Waals surface area contributed by atoms with Crippen LogP contribution in [0.25, 0.3) is 16.7 Å². The van der Waals surface area contributed by atoms with Crippen LogP contribution in [0.3, 0.4) is 0 Å². The Balaban J connectivity index is 1.93. The molecule has 0 bridgehead atoms. The van der Waals surface area contributed by atoms with Crippen LogP contribution in [0.1, 0.15) is 10.4 Å². The van der Waals surface area contributed by atoms with Crippen molar-refractivity contribution < 1.29 is 18.7 Å². The molecular formula is C21H12ClF2N3O3. The van der Waals surface area contributed by atoms with Crippen LogP contribution in [-0.4, -0.2) is 20.6 Å². The van der Waals surface area contributed by atoms with Gasteiger partial charge in [0.1, 0.15) is 22.9 Å². The van der Waals surface area contributed by atoms with Gasteiger partial charge in [-0.15, -0.1) is 0 Å². The van der Waals surface area contributed by atoms with E-state index >= 15 is 0 Å². The lowest BCUT2D eigenvalue weighted by atomic mass is 10.1. The highest BCUT2D eigenvalue weighted by Crippen LogP contribution is 2.28. The lowest BCUT2D eigenvalue weighted by Crippen LogP contribution is -2.29. The van der Waals surface area contributed by atoms with Gasteiger partial charge in [0, 0.05) is 6.20 Å². The van der Waals surface area contributed by atoms with Crippen molar-refractivity contribution >= 4 is 34.2 Å². The molecule has 2 N–H and O–H groups in total. The molecule has 0 unspecified atom stereocenters. The van der Waals surface area contributed by atoms with Gasteiger partial charge >= 0.3 is 0 Å². The molecule has 0 saturated heterocycles. The first-order valence-corrected chi connectivity index (χ1v) is 8.99. The zero-order valence-corrected chi connectivity index (χ0v) is 15.8. The minimum Gasteiger partial charge on any atom is -0.506 e. The van der Waals surface area contributed by atoms with Gasteiger partial charge in [-0.2, -0.15) is 0 Å². The number of pyridine rings is 2. The Bertz CT molecular complexity index is 1350. The number of rotatable bonds is 3. The summed E-state index contributed by atoms with van der Waals surface area (Å²) in [4.78, 5) is 30.2. The first kappa shape index (κ1) is 19.5. The number of hydrogen-bond acceptors (Lipinski definition) is 4. The number of aromatic hydroxyl groups is 1. The Morgan fingerprint density at radius 2 is 1.77 bits per heavy atom. The summed E-state index contributed by atoms with van der Waals surface area (Å²) in [6, 6.07) is 11.3. The molecule has 150 valence electrons. The average Bonchev–Trinajstić information content (AvgIpc) is 2.72. The molecule has 4 aromatic rings. The zero-order chi connectivity index (χ0) is 21.4. The van der Waals surface area contributed by atoms with E-state index in [1.165, 1.54) is 36.5 Å². The molecule has 1 amide bonds. The van der Waals surface area contributed by atoms with E-state index in [0.717, 1.165) is 28.8 Å². The van der Waals surface area contributed by atoms with Gasteiger partial charge in [0.25, 0.3) is 11.5 Å². The van der Waals surface area contributed by atoms with Crippen LogP contribution < -0.4 is 10.9 Å². The molecule has 4 rings (SSSR count). The van der Waals surface area contributed by atoms with Gasteiger partial charge < -0.3 is 10.4 Å². The summed E-state index contributed by atoms with van der Waals surface area (Å²) >= 11 is 5.93. The number of hydrogen-bond donors (Lipinski definition) is 2. The van der Waals surface area contributed by atoms with Gasteiger partial charge in [0.05, 0.1) is 21.8 Å². The number of amides is 1. The first-order chi connectivity index (χ1) is 14.4. The molecule has 0 spiro atoms. The number of halogens is 3. The SMILES string of the molecule is O=C(Nc1ccc(F)cc1Cl)c1c(O)c2cccnc2n(-c2ccc(F)cc2)c1=O. The maximum atomic E-state index is 13.4. The third-order valence-electron chi connectivity index (χ3n) is 4.40. The van der Waals surface area contributed by atoms with Crippen molar-refractivity contribution in [3.63, 3.8) is 0 Å². The normalized spacial score (nSPS) is 10.9. The van der Waals surface area contributed by atoms with Crippen molar-refractivity contribution in [2.45, 2.75) is 0 Å². The highest BCUT2D eigenvalue weighted by atomic mass is 35.5. The third kappa shape index (κ3) is 3.37. The number of anilines is 1. The number of aromatic nitrogens is 2. The van der Waals surface area contributed by atoms with Gasteiger partial charge in [-0.3, -0.25) is 14.2 Å². The lowest BCUT2D eigenvalue weighted by molar-refractivity contribution is 0.102. The van der Waals surface area contributed by atoms with Crippen LogP contribution in [0.4, 0.5) is 14.5 Å². The van der Waals surface area contributed by atoms with Gasteiger partial charge in [0.15, 0.2) is 5.65 Å². The van der Waals surface area contributed by atoms with E-state index in [1.807, 2.05) is 0 Å². The highest BCUT2D eigenvalue weighted by molar-refractivity contribution is 6.34. The standard InChI is InChI=1S/C21H12ClF2N3O3/c22-15-10-12(24)5-8-16(15)26-20(29)17-18(28)14-2-1-9-25-19(14)27(21(17)30)13-6-3-11(23)4-7-13/h1-10,28H,(H,26,29). The van der Waals surface area contributed by atoms with Gasteiger partial charge in [-0.25, -0.2) is 13.8 Å². The molecule has 0 saturated carbocycles. The number of benzene rings is 2. The Morgan fingerprint density at radius 3 is 2.47 bits per heavy atom. The summed E-state index contributed by atoms with van der Waals surface area (Å²) < 4.78 is 27.7. The summed E-state index contributed by atoms with van der Waals surface area (Å²) in [5.41, 5.74) is -1.05. The van der Waals surface area contributed by atoms with E-state index < -0.39 is 34.4 Å². The van der Waals surface area contributed by atoms with Crippen LogP contribution in [0.5, 0.6) is 5.75 Å². The third-order valence-corrected chi connectivity index (χ3v) is 4.71. The Morgan fingerprint density at radius 1 is 1.07 bits per heavy atom. The molecule has 6 nitrogen and oxygen atoms in total. The molecule has 0 radical (unpaired) electrons. The van der Waals surface area contributed by atoms with Crippen LogP contribution in [0, 0.1) is 11.6 Å². The van der Waals surface area contributed by atoms with Gasteiger partial charge in [-0.1, -0.05) is 11.6 Å². The Hall–Kier alpha value is -3.78. The van der Waals surface area contributed by atoms with E-state index in [9.17, 15) is 23.5 Å². The molecular weight excluding hydrogens is 416 g/mol. The minimum absolute atomic E-state index is 0.0569. The highest BCUT2D eigenvalue weighted by Gasteiger charge is 2.24. The van der Waals surface area contributed by atoms with Crippen molar-refractivity contribution in [2.75, 3.05) is 5.32 Å². The Kier molecular flexibility index (Phi) is 4.93. The van der Waals surface area contributed by atoms with Gasteiger partial charge in [0.2, 0.25) is 0 Å². The molecule has 0 aliphatic carbocycles. The van der Waals surface area contributed by atoms with Gasteiger partial charge in [-0.05, 0) is 54.6 Å². The molecule has 0 fully saturated rings. The van der Waals surface area contributed by atoms with Crippen LogP contribution in [0.15, 0.2) is 65.6 Å². The predicted octanol–water partition coefficient (Wildman–Crippen LogP) is 4.28. The summed E-state index contributed by atoms with van der Waals surface area (Å²) in [5.74, 6) is -2.63. The summed E-state index contributed by atoms with van der Waals surface area (Å²) in [5, 5.41) is 13.1. The number of carbonyl (C=O) groups excluding carboxylic acids is 1. The van der Waals surface area contributed by atoms with E-state index in [4.69, 9.17) is 11.6 Å². The molecule has 9 heteroatoms. The smallest absolute Gasteiger partial charge is 0.273 e. The maximum absolute atomic E-state index is 13.4. The molecule has 0 aliphatic rings. The summed E-state index contributed by atoms with van der Waals surface area (Å²) in [7, 11) is 0. The largest absolute Gasteiger partial charge is 0.506 e. The molecule has 30 heavy (non-hydrogen) atoms. The van der Waals surface area contributed by atoms with E-state index in [2.05, 4.69) is 10.3 Å². The average molecular weight is 428 g/mol. The van der Waals surface area contributed by atoms with Crippen molar-refractivity contribution in [1.82, 2.24) is 9.55 Å². The molecule has 0 atom stereocenters. The summed E-state index contributed by atoms with van der Waals surface area (Å²) in [6.07, 6.45) is 1.42. The van der Waals surface area contributed by atoms with Crippen LogP contribution in [0.2, 0.25) is 5.02 Å². The zero-order valence-electron chi connectivity index (χ0n) is 15.1. The van der Waals surface area contributed by atoms with Crippen molar-refractivity contribution in [3.05, 3.63) is 93.4 Å². The number of nitrogens with one attached hydrogen (secondary N) is 1. The van der Waals surface area contributed by atoms with E-state index in [-0.39, 0.29) is 27.4 Å². The van der Waals surface area contributed by atoms with E-state index in [0.29, 0.717) is 0 Å². The van der Waals surface area contributed by atoms with E-state index in [1.54, 1.807) is 0 Å². The lowest BCUT2D eigenvalue weighted by Gasteiger charge is -2.14. The second-order valence-electron chi connectivity index (χ2n) is 6.29. The fraction of sp³-hybridized carbons (Fsp3) is 0. The number of nitrogens with zero attached hydrogens (tertiary/aromatic N) is 2.